The van der Waals surface area contributed by atoms with Crippen LogP contribution in [0.4, 0.5) is 17.1 Å². The van der Waals surface area contributed by atoms with Crippen molar-refractivity contribution in [3.63, 3.8) is 0 Å². The summed E-state index contributed by atoms with van der Waals surface area (Å²) in [7, 11) is 0. The third-order valence-corrected chi connectivity index (χ3v) is 5.14. The Morgan fingerprint density at radius 1 is 0.892 bits per heavy atom. The average Bonchev–Trinajstić information content (AvgIpc) is 2.89. The monoisotopic (exact) mass is 676 g/mol. The number of para-hydroxylation sites is 2. The number of benzene rings is 3. The summed E-state index contributed by atoms with van der Waals surface area (Å²) in [5.74, 6) is -0.0625. The first kappa shape index (κ1) is 29.7. The first-order chi connectivity index (χ1) is 17.4. The minimum Gasteiger partial charge on any atom is -0.512 e. The van der Waals surface area contributed by atoms with Gasteiger partial charge in [0.05, 0.1) is 12.4 Å². The van der Waals surface area contributed by atoms with Crippen LogP contribution in [0.2, 0.25) is 0 Å². The van der Waals surface area contributed by atoms with Crippen LogP contribution in [0.25, 0.3) is 11.3 Å². The van der Waals surface area contributed by atoms with E-state index >= 15 is 0 Å². The second kappa shape index (κ2) is 14.9. The van der Waals surface area contributed by atoms with E-state index in [2.05, 4.69) is 16.0 Å². The van der Waals surface area contributed by atoms with E-state index in [4.69, 9.17) is 5.11 Å². The summed E-state index contributed by atoms with van der Waals surface area (Å²) >= 11 is 0. The molecule has 7 heteroatoms. The average molecular weight is 677 g/mol. The molecule has 0 radical (unpaired) electrons. The molecule has 4 aromatic rings. The van der Waals surface area contributed by atoms with Gasteiger partial charge in [0.25, 0.3) is 0 Å². The topological polar surface area (TPSA) is 93.9 Å². The number of aromatic nitrogens is 1. The van der Waals surface area contributed by atoms with Gasteiger partial charge in [0.15, 0.2) is 5.78 Å². The molecule has 6 nitrogen and oxygen atoms in total. The van der Waals surface area contributed by atoms with Gasteiger partial charge in [-0.3, -0.25) is 4.79 Å². The van der Waals surface area contributed by atoms with Gasteiger partial charge in [-0.15, -0.1) is 29.3 Å². The molecular weight excluding hydrogens is 647 g/mol. The molecule has 4 rings (SSSR count). The Morgan fingerprint density at radius 2 is 1.49 bits per heavy atom. The number of rotatable bonds is 7. The number of carbonyl (C=O) groups excluding carboxylic acids is 1. The van der Waals surface area contributed by atoms with Crippen molar-refractivity contribution in [2.45, 2.75) is 27.1 Å². The molecule has 0 fully saturated rings. The summed E-state index contributed by atoms with van der Waals surface area (Å²) in [4.78, 5) is 16.5. The van der Waals surface area contributed by atoms with Crippen molar-refractivity contribution in [1.82, 2.24) is 4.98 Å². The standard InChI is InChI=1S/C25H21N2O2.C5H8O2.Pt/c28-17-19-13-14-26-25(15-19)24-12-11-23(16-20(24)18-29)27(21-7-3-1-4-8-21)22-9-5-2-6-10-22;1-4(6)3-5(2)7;/h1-11,13-16,28-29H,17-18H2;3,6H,1-2H3;/q-1;;/b;4-3-;. The molecule has 3 aromatic carbocycles. The Labute approximate surface area is 231 Å². The van der Waals surface area contributed by atoms with Crippen LogP contribution in [-0.2, 0) is 39.1 Å². The van der Waals surface area contributed by atoms with Crippen LogP contribution >= 0.6 is 0 Å². The van der Waals surface area contributed by atoms with Gasteiger partial charge in [-0.05, 0) is 61.1 Å². The summed E-state index contributed by atoms with van der Waals surface area (Å²) in [6.45, 7) is 2.65. The Balaban J connectivity index is 0.000000532. The molecule has 194 valence electrons. The number of aliphatic hydroxyl groups is 3. The Hall–Kier alpha value is -3.57. The molecule has 0 atom stereocenters. The number of carbonyl (C=O) groups is 1. The van der Waals surface area contributed by atoms with Crippen LogP contribution in [0.3, 0.4) is 0 Å². The number of nitrogens with zero attached hydrogens (tertiary/aromatic N) is 2. The van der Waals surface area contributed by atoms with Gasteiger partial charge in [-0.25, -0.2) is 0 Å². The maximum atomic E-state index is 10.0. The third-order valence-electron chi connectivity index (χ3n) is 5.14. The number of aliphatic hydroxyl groups excluding tert-OH is 3. The fraction of sp³-hybridized carbons (Fsp3) is 0.133. The van der Waals surface area contributed by atoms with E-state index in [0.717, 1.165) is 33.8 Å². The van der Waals surface area contributed by atoms with E-state index < -0.39 is 0 Å². The summed E-state index contributed by atoms with van der Waals surface area (Å²) in [6.07, 6.45) is 2.82. The summed E-state index contributed by atoms with van der Waals surface area (Å²) in [6, 6.07) is 30.9. The predicted molar refractivity (Wildman–Crippen MR) is 142 cm³/mol. The molecule has 0 amide bonds. The van der Waals surface area contributed by atoms with Crippen molar-refractivity contribution in [2.75, 3.05) is 4.90 Å². The van der Waals surface area contributed by atoms with E-state index in [1.807, 2.05) is 78.9 Å². The van der Waals surface area contributed by atoms with Crippen LogP contribution in [0.5, 0.6) is 0 Å². The first-order valence-electron chi connectivity index (χ1n) is 11.4. The van der Waals surface area contributed by atoms with Gasteiger partial charge < -0.3 is 25.2 Å². The van der Waals surface area contributed by atoms with Gasteiger partial charge in [0, 0.05) is 51.3 Å². The number of pyridine rings is 1. The Kier molecular flexibility index (Phi) is 11.9. The third kappa shape index (κ3) is 8.50. The molecule has 1 heterocycles. The molecule has 0 spiro atoms. The molecule has 0 saturated carbocycles. The van der Waals surface area contributed by atoms with E-state index in [-0.39, 0.29) is 45.8 Å². The van der Waals surface area contributed by atoms with Crippen molar-refractivity contribution in [3.8, 4) is 11.3 Å². The van der Waals surface area contributed by atoms with Crippen LogP contribution in [0, 0.1) is 6.07 Å². The molecule has 0 aliphatic carbocycles. The van der Waals surface area contributed by atoms with Gasteiger partial charge in [-0.2, -0.15) is 0 Å². The smallest absolute Gasteiger partial charge is 0.155 e. The normalized spacial score (nSPS) is 10.5. The van der Waals surface area contributed by atoms with Gasteiger partial charge in [0.2, 0.25) is 0 Å². The second-order valence-electron chi connectivity index (χ2n) is 8.03. The zero-order chi connectivity index (χ0) is 25.9. The molecule has 0 aliphatic heterocycles. The Morgan fingerprint density at radius 3 is 1.95 bits per heavy atom. The number of hydrogen-bond acceptors (Lipinski definition) is 6. The quantitative estimate of drug-likeness (QED) is 0.126. The van der Waals surface area contributed by atoms with Crippen molar-refractivity contribution in [1.29, 1.82) is 0 Å². The SMILES string of the molecule is CC(=O)/C=C(/C)O.OCc1ccnc(-c2[c-]cc(N(c3ccccc3)c3ccccc3)cc2CO)c1.[Pt]. The molecule has 0 aliphatic rings. The van der Waals surface area contributed by atoms with Crippen LogP contribution in [-0.4, -0.2) is 26.1 Å². The van der Waals surface area contributed by atoms with Crippen molar-refractivity contribution in [2.24, 2.45) is 0 Å². The van der Waals surface area contributed by atoms with Crippen molar-refractivity contribution >= 4 is 22.8 Å². The first-order valence-corrected chi connectivity index (χ1v) is 11.4. The molecule has 0 unspecified atom stereocenters. The van der Waals surface area contributed by atoms with Crippen LogP contribution in [0.1, 0.15) is 25.0 Å². The molecule has 0 bridgehead atoms. The minimum atomic E-state index is -0.137. The molecule has 1 aromatic heterocycles. The van der Waals surface area contributed by atoms with Gasteiger partial charge >= 0.3 is 0 Å². The van der Waals surface area contributed by atoms with E-state index in [1.165, 1.54) is 19.9 Å². The predicted octanol–water partition coefficient (Wildman–Crippen LogP) is 6.04. The van der Waals surface area contributed by atoms with Crippen molar-refractivity contribution < 1.29 is 41.2 Å². The largest absolute Gasteiger partial charge is 0.512 e. The number of anilines is 3. The zero-order valence-electron chi connectivity index (χ0n) is 20.6. The summed E-state index contributed by atoms with van der Waals surface area (Å²) < 4.78 is 0. The summed E-state index contributed by atoms with van der Waals surface area (Å²) in [5, 5.41) is 27.8. The number of allylic oxidation sites excluding steroid dienone is 2. The van der Waals surface area contributed by atoms with E-state index in [0.29, 0.717) is 5.69 Å². The Bertz CT molecular complexity index is 1270. The molecule has 3 N–H and O–H groups in total. The maximum absolute atomic E-state index is 10.0. The molecular formula is C30H29N2O4Pt-. The van der Waals surface area contributed by atoms with Gasteiger partial charge in [0.1, 0.15) is 0 Å². The fourth-order valence-electron chi connectivity index (χ4n) is 3.63. The molecule has 0 saturated heterocycles. The van der Waals surface area contributed by atoms with Crippen LogP contribution < -0.4 is 4.90 Å². The summed E-state index contributed by atoms with van der Waals surface area (Å²) in [5.41, 5.74) is 5.83. The van der Waals surface area contributed by atoms with Crippen molar-refractivity contribution in [3.05, 3.63) is 120 Å². The maximum Gasteiger partial charge on any atom is 0.155 e. The van der Waals surface area contributed by atoms with Crippen LogP contribution in [0.15, 0.2) is 103 Å². The zero-order valence-corrected chi connectivity index (χ0v) is 22.9. The fourth-order valence-corrected chi connectivity index (χ4v) is 3.63. The van der Waals surface area contributed by atoms with E-state index in [9.17, 15) is 15.0 Å². The van der Waals surface area contributed by atoms with E-state index in [1.54, 1.807) is 12.3 Å². The second-order valence-corrected chi connectivity index (χ2v) is 8.03. The molecule has 37 heavy (non-hydrogen) atoms. The number of hydrogen-bond donors (Lipinski definition) is 3. The van der Waals surface area contributed by atoms with Gasteiger partial charge in [-0.1, -0.05) is 42.5 Å². The number of ketones is 1. The minimum absolute atomic E-state index is 0.